The number of carbonyl (C=O) groups is 1. The first-order valence-corrected chi connectivity index (χ1v) is 6.76. The van der Waals surface area contributed by atoms with Gasteiger partial charge in [0.25, 0.3) is 5.91 Å². The summed E-state index contributed by atoms with van der Waals surface area (Å²) in [5, 5.41) is 3.22. The highest BCUT2D eigenvalue weighted by Gasteiger charge is 2.08. The molecule has 2 rings (SSSR count). The fourth-order valence-corrected chi connectivity index (χ4v) is 2.27. The van der Waals surface area contributed by atoms with Crippen LogP contribution in [0.4, 0.5) is 5.82 Å². The number of hydrogen-bond donors (Lipinski definition) is 1. The molecule has 0 atom stereocenters. The van der Waals surface area contributed by atoms with Gasteiger partial charge in [-0.3, -0.25) is 4.79 Å². The molecule has 0 radical (unpaired) electrons. The zero-order chi connectivity index (χ0) is 13.8. The monoisotopic (exact) mass is 276 g/mol. The number of hydrogen-bond acceptors (Lipinski definition) is 5. The molecule has 0 bridgehead atoms. The summed E-state index contributed by atoms with van der Waals surface area (Å²) in [6.07, 6.45) is 1.59. The van der Waals surface area contributed by atoms with E-state index < -0.39 is 0 Å². The van der Waals surface area contributed by atoms with E-state index >= 15 is 0 Å². The van der Waals surface area contributed by atoms with Crippen LogP contribution in [-0.2, 0) is 6.54 Å². The van der Waals surface area contributed by atoms with E-state index in [1.807, 2.05) is 18.5 Å². The van der Waals surface area contributed by atoms with Gasteiger partial charge in [-0.05, 0) is 19.1 Å². The van der Waals surface area contributed by atoms with Gasteiger partial charge in [0.15, 0.2) is 0 Å². The number of pyridine rings is 1. The van der Waals surface area contributed by atoms with E-state index in [-0.39, 0.29) is 5.91 Å². The Labute approximate surface area is 116 Å². The second-order valence-electron chi connectivity index (χ2n) is 4.35. The molecule has 2 heterocycles. The molecule has 100 valence electrons. The smallest absolute Gasteiger partial charge is 0.254 e. The Balaban J connectivity index is 1.99. The normalized spacial score (nSPS) is 10.3. The maximum absolute atomic E-state index is 11.7. The van der Waals surface area contributed by atoms with Crippen molar-refractivity contribution in [1.29, 1.82) is 0 Å². The summed E-state index contributed by atoms with van der Waals surface area (Å²) in [7, 11) is 3.45. The highest BCUT2D eigenvalue weighted by molar-refractivity contribution is 7.09. The van der Waals surface area contributed by atoms with Crippen molar-refractivity contribution in [2.45, 2.75) is 13.5 Å². The van der Waals surface area contributed by atoms with Crippen LogP contribution in [0.1, 0.15) is 20.9 Å². The number of nitrogens with one attached hydrogen (secondary N) is 1. The number of rotatable bonds is 4. The van der Waals surface area contributed by atoms with Gasteiger partial charge in [0.1, 0.15) is 5.82 Å². The average molecular weight is 276 g/mol. The van der Waals surface area contributed by atoms with Gasteiger partial charge < -0.3 is 10.2 Å². The van der Waals surface area contributed by atoms with Gasteiger partial charge in [-0.2, -0.15) is 0 Å². The zero-order valence-electron chi connectivity index (χ0n) is 11.2. The van der Waals surface area contributed by atoms with Crippen LogP contribution >= 0.6 is 11.3 Å². The molecular weight excluding hydrogens is 260 g/mol. The molecule has 0 aliphatic carbocycles. The largest absolute Gasteiger partial charge is 0.365 e. The van der Waals surface area contributed by atoms with E-state index in [1.165, 1.54) is 9.78 Å². The predicted molar refractivity (Wildman–Crippen MR) is 76.4 cm³/mol. The number of aryl methyl sites for hydroxylation is 1. The van der Waals surface area contributed by atoms with E-state index in [0.29, 0.717) is 12.1 Å². The molecule has 0 saturated carbocycles. The topological polar surface area (TPSA) is 58.1 Å². The number of carbonyl (C=O) groups excluding carboxylic acids is 1. The summed E-state index contributed by atoms with van der Waals surface area (Å²) < 4.78 is 0. The molecule has 0 spiro atoms. The summed E-state index contributed by atoms with van der Waals surface area (Å²) in [5.41, 5.74) is 3.46. The Bertz CT molecular complexity index is 562. The minimum atomic E-state index is -0.0441. The zero-order valence-corrected chi connectivity index (χ0v) is 12.0. The quantitative estimate of drug-likeness (QED) is 0.929. The van der Waals surface area contributed by atoms with Crippen molar-refractivity contribution < 1.29 is 4.79 Å². The lowest BCUT2D eigenvalue weighted by Crippen LogP contribution is -2.21. The van der Waals surface area contributed by atoms with Gasteiger partial charge in [-0.15, -0.1) is 11.3 Å². The number of nitrogens with zero attached hydrogens (tertiary/aromatic N) is 3. The Kier molecular flexibility index (Phi) is 4.11. The van der Waals surface area contributed by atoms with Crippen LogP contribution in [0.5, 0.6) is 0 Å². The third-order valence-corrected chi connectivity index (χ3v) is 3.63. The van der Waals surface area contributed by atoms with Crippen molar-refractivity contribution in [3.05, 3.63) is 40.0 Å². The minimum Gasteiger partial charge on any atom is -0.365 e. The first-order valence-electron chi connectivity index (χ1n) is 5.88. The fraction of sp³-hybridized carbons (Fsp3) is 0.308. The Morgan fingerprint density at radius 3 is 2.68 bits per heavy atom. The number of anilines is 1. The van der Waals surface area contributed by atoms with Crippen LogP contribution in [0.15, 0.2) is 23.8 Å². The van der Waals surface area contributed by atoms with Crippen molar-refractivity contribution in [1.82, 2.24) is 14.9 Å². The molecule has 6 heteroatoms. The summed E-state index contributed by atoms with van der Waals surface area (Å²) in [6.45, 7) is 2.68. The van der Waals surface area contributed by atoms with Crippen LogP contribution in [-0.4, -0.2) is 34.9 Å². The number of aromatic nitrogens is 2. The van der Waals surface area contributed by atoms with Crippen molar-refractivity contribution in [3.8, 4) is 0 Å². The molecule has 19 heavy (non-hydrogen) atoms. The number of amides is 1. The van der Waals surface area contributed by atoms with Crippen molar-refractivity contribution in [2.24, 2.45) is 0 Å². The standard InChI is InChI=1S/C13H16N4OS/c1-9-11(19-8-16-9)7-15-12-5-4-10(6-14-12)13(18)17(2)3/h4-6,8H,7H2,1-3H3,(H,14,15). The van der Waals surface area contributed by atoms with Crippen LogP contribution in [0.25, 0.3) is 0 Å². The SMILES string of the molecule is Cc1ncsc1CNc1ccc(C(=O)N(C)C)cn1. The molecule has 2 aromatic rings. The number of thiazole rings is 1. The second-order valence-corrected chi connectivity index (χ2v) is 5.29. The second kappa shape index (κ2) is 5.79. The van der Waals surface area contributed by atoms with Gasteiger partial charge in [-0.25, -0.2) is 9.97 Å². The lowest BCUT2D eigenvalue weighted by Gasteiger charge is -2.10. The molecule has 2 aromatic heterocycles. The first kappa shape index (κ1) is 13.5. The summed E-state index contributed by atoms with van der Waals surface area (Å²) in [4.78, 5) is 22.9. The van der Waals surface area contributed by atoms with Crippen molar-refractivity contribution >= 4 is 23.1 Å². The fourth-order valence-electron chi connectivity index (χ4n) is 1.55. The molecule has 0 aliphatic rings. The van der Waals surface area contributed by atoms with Crippen molar-refractivity contribution in [2.75, 3.05) is 19.4 Å². The van der Waals surface area contributed by atoms with E-state index in [2.05, 4.69) is 15.3 Å². The molecule has 0 fully saturated rings. The lowest BCUT2D eigenvalue weighted by molar-refractivity contribution is 0.0827. The van der Waals surface area contributed by atoms with Crippen molar-refractivity contribution in [3.63, 3.8) is 0 Å². The molecule has 0 unspecified atom stereocenters. The third kappa shape index (κ3) is 3.29. The summed E-state index contributed by atoms with van der Waals surface area (Å²) >= 11 is 1.62. The first-order chi connectivity index (χ1) is 9.08. The van der Waals surface area contributed by atoms with Gasteiger partial charge in [-0.1, -0.05) is 0 Å². The van der Waals surface area contributed by atoms with E-state index in [9.17, 15) is 4.79 Å². The average Bonchev–Trinajstić information content (AvgIpc) is 2.81. The highest BCUT2D eigenvalue weighted by atomic mass is 32.1. The van der Waals surface area contributed by atoms with Crippen LogP contribution < -0.4 is 5.32 Å². The maximum Gasteiger partial charge on any atom is 0.254 e. The molecule has 0 saturated heterocycles. The van der Waals surface area contributed by atoms with Gasteiger partial charge in [0.2, 0.25) is 0 Å². The van der Waals surface area contributed by atoms with E-state index in [4.69, 9.17) is 0 Å². The molecule has 0 aliphatic heterocycles. The lowest BCUT2D eigenvalue weighted by atomic mass is 10.2. The molecule has 1 amide bonds. The predicted octanol–water partition coefficient (Wildman–Crippen LogP) is 2.16. The van der Waals surface area contributed by atoms with Gasteiger partial charge in [0, 0.05) is 25.2 Å². The summed E-state index contributed by atoms with van der Waals surface area (Å²) in [5.74, 6) is 0.709. The van der Waals surface area contributed by atoms with E-state index in [0.717, 1.165) is 11.5 Å². The minimum absolute atomic E-state index is 0.0441. The Morgan fingerprint density at radius 2 is 2.16 bits per heavy atom. The van der Waals surface area contributed by atoms with Crippen LogP contribution in [0.2, 0.25) is 0 Å². The van der Waals surface area contributed by atoms with Gasteiger partial charge in [0.05, 0.1) is 23.3 Å². The van der Waals surface area contributed by atoms with E-state index in [1.54, 1.807) is 37.7 Å². The molecule has 0 aromatic carbocycles. The molecule has 5 nitrogen and oxygen atoms in total. The summed E-state index contributed by atoms with van der Waals surface area (Å²) in [6, 6.07) is 3.59. The molecular formula is C13H16N4OS. The Morgan fingerprint density at radius 1 is 1.37 bits per heavy atom. The molecule has 1 N–H and O–H groups in total. The third-order valence-electron chi connectivity index (χ3n) is 2.69. The van der Waals surface area contributed by atoms with Crippen LogP contribution in [0, 0.1) is 6.92 Å². The van der Waals surface area contributed by atoms with Crippen LogP contribution in [0.3, 0.4) is 0 Å². The van der Waals surface area contributed by atoms with Gasteiger partial charge >= 0.3 is 0 Å². The highest BCUT2D eigenvalue weighted by Crippen LogP contribution is 2.14. The Hall–Kier alpha value is -1.95. The maximum atomic E-state index is 11.7.